The van der Waals surface area contributed by atoms with Crippen LogP contribution in [0.15, 0.2) is 0 Å². The van der Waals surface area contributed by atoms with Gasteiger partial charge < -0.3 is 9.64 Å². The van der Waals surface area contributed by atoms with E-state index in [1.165, 1.54) is 19.3 Å². The molecule has 0 radical (unpaired) electrons. The third-order valence-corrected chi connectivity index (χ3v) is 4.30. The Morgan fingerprint density at radius 3 is 2.44 bits per heavy atom. The number of rotatable bonds is 2. The van der Waals surface area contributed by atoms with E-state index in [4.69, 9.17) is 4.74 Å². The Kier molecular flexibility index (Phi) is 4.15. The van der Waals surface area contributed by atoms with Gasteiger partial charge in [-0.3, -0.25) is 4.90 Å². The van der Waals surface area contributed by atoms with Crippen molar-refractivity contribution in [2.75, 3.05) is 32.8 Å². The summed E-state index contributed by atoms with van der Waals surface area (Å²) < 4.78 is 5.04. The van der Waals surface area contributed by atoms with Gasteiger partial charge in [0, 0.05) is 32.2 Å². The van der Waals surface area contributed by atoms with Crippen LogP contribution in [0.2, 0.25) is 0 Å². The molecule has 1 aliphatic heterocycles. The zero-order valence-corrected chi connectivity index (χ0v) is 11.9. The molecule has 2 aliphatic rings. The van der Waals surface area contributed by atoms with E-state index < -0.39 is 0 Å². The van der Waals surface area contributed by atoms with Crippen molar-refractivity contribution in [1.29, 1.82) is 0 Å². The second-order valence-corrected chi connectivity index (χ2v) is 6.28. The molecule has 1 unspecified atom stereocenters. The van der Waals surface area contributed by atoms with Crippen LogP contribution in [0, 0.1) is 5.41 Å². The molecule has 2 rings (SSSR count). The monoisotopic (exact) mass is 254 g/mol. The van der Waals surface area contributed by atoms with Crippen LogP contribution < -0.4 is 0 Å². The van der Waals surface area contributed by atoms with E-state index in [2.05, 4.69) is 18.7 Å². The summed E-state index contributed by atoms with van der Waals surface area (Å²) in [7, 11) is 0. The molecule has 2 fully saturated rings. The van der Waals surface area contributed by atoms with E-state index >= 15 is 0 Å². The predicted octanol–water partition coefficient (Wildman–Crippen LogP) is 2.34. The standard InChI is InChI=1S/C14H26N2O2/c1-4-18-13(17)16-9-7-15(8-10-16)12-5-6-14(2,3)11-12/h12H,4-11H2,1-3H3. The number of hydrogen-bond donors (Lipinski definition) is 0. The highest BCUT2D eigenvalue weighted by molar-refractivity contribution is 5.67. The van der Waals surface area contributed by atoms with Crippen LogP contribution in [0.4, 0.5) is 4.79 Å². The molecule has 1 atom stereocenters. The summed E-state index contributed by atoms with van der Waals surface area (Å²) in [5.41, 5.74) is 0.503. The maximum absolute atomic E-state index is 11.6. The van der Waals surface area contributed by atoms with E-state index in [-0.39, 0.29) is 6.09 Å². The van der Waals surface area contributed by atoms with Crippen molar-refractivity contribution in [3.63, 3.8) is 0 Å². The maximum Gasteiger partial charge on any atom is 0.409 e. The first-order chi connectivity index (χ1) is 8.52. The van der Waals surface area contributed by atoms with Gasteiger partial charge in [-0.2, -0.15) is 0 Å². The third kappa shape index (κ3) is 3.16. The minimum absolute atomic E-state index is 0.149. The third-order valence-electron chi connectivity index (χ3n) is 4.30. The maximum atomic E-state index is 11.6. The first-order valence-electron chi connectivity index (χ1n) is 7.17. The summed E-state index contributed by atoms with van der Waals surface area (Å²) >= 11 is 0. The number of amides is 1. The van der Waals surface area contributed by atoms with Gasteiger partial charge in [-0.05, 0) is 31.6 Å². The zero-order valence-electron chi connectivity index (χ0n) is 11.9. The van der Waals surface area contributed by atoms with E-state index in [0.29, 0.717) is 12.0 Å². The SMILES string of the molecule is CCOC(=O)N1CCN(C2CCC(C)(C)C2)CC1. The molecule has 104 valence electrons. The highest BCUT2D eigenvalue weighted by atomic mass is 16.6. The molecular weight excluding hydrogens is 228 g/mol. The highest BCUT2D eigenvalue weighted by Crippen LogP contribution is 2.39. The van der Waals surface area contributed by atoms with Crippen LogP contribution in [-0.2, 0) is 4.74 Å². The number of hydrogen-bond acceptors (Lipinski definition) is 3. The summed E-state index contributed by atoms with van der Waals surface area (Å²) in [6, 6.07) is 0.726. The minimum Gasteiger partial charge on any atom is -0.450 e. The second kappa shape index (κ2) is 5.47. The lowest BCUT2D eigenvalue weighted by molar-refractivity contribution is 0.0651. The predicted molar refractivity (Wildman–Crippen MR) is 71.6 cm³/mol. The fourth-order valence-electron chi connectivity index (χ4n) is 3.20. The smallest absolute Gasteiger partial charge is 0.409 e. The fourth-order valence-corrected chi connectivity index (χ4v) is 3.20. The quantitative estimate of drug-likeness (QED) is 0.758. The van der Waals surface area contributed by atoms with Crippen molar-refractivity contribution < 1.29 is 9.53 Å². The number of ether oxygens (including phenoxy) is 1. The lowest BCUT2D eigenvalue weighted by atomic mass is 9.91. The molecule has 1 heterocycles. The van der Waals surface area contributed by atoms with E-state index in [0.717, 1.165) is 32.2 Å². The molecule has 1 saturated heterocycles. The Hall–Kier alpha value is -0.770. The molecule has 4 heteroatoms. The van der Waals surface area contributed by atoms with Gasteiger partial charge >= 0.3 is 6.09 Å². The molecule has 18 heavy (non-hydrogen) atoms. The molecular formula is C14H26N2O2. The number of carbonyl (C=O) groups is 1. The van der Waals surface area contributed by atoms with Gasteiger partial charge in [0.25, 0.3) is 0 Å². The first kappa shape index (κ1) is 13.7. The Labute approximate surface area is 110 Å². The van der Waals surface area contributed by atoms with E-state index in [9.17, 15) is 4.79 Å². The number of piperazine rings is 1. The largest absolute Gasteiger partial charge is 0.450 e. The molecule has 0 bridgehead atoms. The van der Waals surface area contributed by atoms with Crippen molar-refractivity contribution in [3.05, 3.63) is 0 Å². The van der Waals surface area contributed by atoms with Crippen LogP contribution in [0.1, 0.15) is 40.0 Å². The topological polar surface area (TPSA) is 32.8 Å². The number of carbonyl (C=O) groups excluding carboxylic acids is 1. The normalized spacial score (nSPS) is 28.4. The molecule has 0 aromatic heterocycles. The summed E-state index contributed by atoms with van der Waals surface area (Å²) in [5, 5.41) is 0. The molecule has 0 N–H and O–H groups in total. The van der Waals surface area contributed by atoms with Crippen LogP contribution >= 0.6 is 0 Å². The summed E-state index contributed by atoms with van der Waals surface area (Å²) in [4.78, 5) is 16.0. The van der Waals surface area contributed by atoms with Crippen molar-refractivity contribution >= 4 is 6.09 Å². The molecule has 0 spiro atoms. The van der Waals surface area contributed by atoms with Crippen LogP contribution in [0.5, 0.6) is 0 Å². The van der Waals surface area contributed by atoms with Crippen molar-refractivity contribution in [2.24, 2.45) is 5.41 Å². The van der Waals surface area contributed by atoms with Gasteiger partial charge in [0.1, 0.15) is 0 Å². The Bertz CT molecular complexity index is 296. The van der Waals surface area contributed by atoms with Gasteiger partial charge in [-0.25, -0.2) is 4.79 Å². The van der Waals surface area contributed by atoms with Gasteiger partial charge in [-0.1, -0.05) is 13.8 Å². The van der Waals surface area contributed by atoms with E-state index in [1.807, 2.05) is 11.8 Å². The Morgan fingerprint density at radius 2 is 1.94 bits per heavy atom. The minimum atomic E-state index is -0.149. The van der Waals surface area contributed by atoms with Crippen LogP contribution in [-0.4, -0.2) is 54.7 Å². The molecule has 1 aliphatic carbocycles. The molecule has 1 amide bonds. The zero-order chi connectivity index (χ0) is 13.2. The molecule has 0 aromatic carbocycles. The van der Waals surface area contributed by atoms with Crippen molar-refractivity contribution in [2.45, 2.75) is 46.1 Å². The van der Waals surface area contributed by atoms with E-state index in [1.54, 1.807) is 0 Å². The molecule has 4 nitrogen and oxygen atoms in total. The molecule has 0 aromatic rings. The summed E-state index contributed by atoms with van der Waals surface area (Å²) in [5.74, 6) is 0. The van der Waals surface area contributed by atoms with Gasteiger partial charge in [-0.15, -0.1) is 0 Å². The summed E-state index contributed by atoms with van der Waals surface area (Å²) in [6.45, 7) is 10.7. The fraction of sp³-hybridized carbons (Fsp3) is 0.929. The first-order valence-corrected chi connectivity index (χ1v) is 7.17. The summed E-state index contributed by atoms with van der Waals surface area (Å²) in [6.07, 6.45) is 3.79. The van der Waals surface area contributed by atoms with Crippen molar-refractivity contribution in [3.8, 4) is 0 Å². The Balaban J connectivity index is 1.79. The van der Waals surface area contributed by atoms with Crippen LogP contribution in [0.3, 0.4) is 0 Å². The Morgan fingerprint density at radius 1 is 1.28 bits per heavy atom. The molecule has 1 saturated carbocycles. The van der Waals surface area contributed by atoms with Crippen LogP contribution in [0.25, 0.3) is 0 Å². The van der Waals surface area contributed by atoms with Gasteiger partial charge in [0.15, 0.2) is 0 Å². The van der Waals surface area contributed by atoms with Crippen molar-refractivity contribution in [1.82, 2.24) is 9.80 Å². The lowest BCUT2D eigenvalue weighted by Crippen LogP contribution is -2.51. The average Bonchev–Trinajstić information content (AvgIpc) is 2.70. The highest BCUT2D eigenvalue weighted by Gasteiger charge is 2.35. The van der Waals surface area contributed by atoms with Gasteiger partial charge in [0.2, 0.25) is 0 Å². The second-order valence-electron chi connectivity index (χ2n) is 6.28. The lowest BCUT2D eigenvalue weighted by Gasteiger charge is -2.37. The number of nitrogens with zero attached hydrogens (tertiary/aromatic N) is 2. The average molecular weight is 254 g/mol. The van der Waals surface area contributed by atoms with Gasteiger partial charge in [0.05, 0.1) is 6.61 Å².